The molecule has 2 atom stereocenters. The molecule has 2 aliphatic rings. The van der Waals surface area contributed by atoms with Gasteiger partial charge in [0.2, 0.25) is 5.89 Å². The lowest BCUT2D eigenvalue weighted by Crippen LogP contribution is -2.46. The van der Waals surface area contributed by atoms with Crippen molar-refractivity contribution in [2.45, 2.75) is 76.2 Å². The Balaban J connectivity index is 1.67. The highest BCUT2D eigenvalue weighted by Crippen LogP contribution is 2.37. The third kappa shape index (κ3) is 2.90. The molecule has 2 unspecified atom stereocenters. The molecular formula is C16H27N3O. The smallest absolute Gasteiger partial charge is 0.228 e. The van der Waals surface area contributed by atoms with Crippen LogP contribution in [0.25, 0.3) is 0 Å². The molecule has 0 spiro atoms. The molecule has 0 saturated heterocycles. The van der Waals surface area contributed by atoms with Crippen LogP contribution in [-0.4, -0.2) is 22.7 Å². The van der Waals surface area contributed by atoms with Crippen molar-refractivity contribution >= 4 is 0 Å². The number of rotatable bonds is 4. The van der Waals surface area contributed by atoms with Gasteiger partial charge in [-0.2, -0.15) is 4.98 Å². The van der Waals surface area contributed by atoms with Gasteiger partial charge in [-0.15, -0.1) is 0 Å². The monoisotopic (exact) mass is 277 g/mol. The summed E-state index contributed by atoms with van der Waals surface area (Å²) in [5.41, 5.74) is 0.186. The highest BCUT2D eigenvalue weighted by atomic mass is 16.5. The molecule has 4 nitrogen and oxygen atoms in total. The van der Waals surface area contributed by atoms with Crippen molar-refractivity contribution in [3.8, 4) is 0 Å². The number of hydrogen-bond acceptors (Lipinski definition) is 4. The molecule has 1 aromatic heterocycles. The van der Waals surface area contributed by atoms with Gasteiger partial charge in [0.05, 0.1) is 0 Å². The van der Waals surface area contributed by atoms with Gasteiger partial charge in [-0.05, 0) is 45.1 Å². The Kier molecular flexibility index (Phi) is 4.11. The lowest BCUT2D eigenvalue weighted by atomic mass is 9.79. The van der Waals surface area contributed by atoms with E-state index in [2.05, 4.69) is 24.4 Å². The summed E-state index contributed by atoms with van der Waals surface area (Å²) in [6, 6.07) is 0. The fraction of sp³-hybridized carbons (Fsp3) is 0.875. The topological polar surface area (TPSA) is 51.0 Å². The molecule has 2 fully saturated rings. The molecule has 3 rings (SSSR count). The third-order valence-corrected chi connectivity index (χ3v) is 5.37. The van der Waals surface area contributed by atoms with Gasteiger partial charge in [-0.1, -0.05) is 31.3 Å². The maximum absolute atomic E-state index is 5.54. The summed E-state index contributed by atoms with van der Waals surface area (Å²) in [6.07, 6.45) is 11.0. The largest absolute Gasteiger partial charge is 0.339 e. The van der Waals surface area contributed by atoms with Gasteiger partial charge in [0.25, 0.3) is 0 Å². The first kappa shape index (κ1) is 14.1. The predicted molar refractivity (Wildman–Crippen MR) is 78.6 cm³/mol. The molecular weight excluding hydrogens is 250 g/mol. The quantitative estimate of drug-likeness (QED) is 0.916. The van der Waals surface area contributed by atoms with E-state index in [1.54, 1.807) is 0 Å². The van der Waals surface area contributed by atoms with Crippen LogP contribution in [0.2, 0.25) is 0 Å². The van der Waals surface area contributed by atoms with Crippen LogP contribution in [0, 0.1) is 5.92 Å². The zero-order valence-electron chi connectivity index (χ0n) is 12.8. The Morgan fingerprint density at radius 2 is 2.05 bits per heavy atom. The second-order valence-electron chi connectivity index (χ2n) is 6.93. The zero-order chi connectivity index (χ0) is 14.0. The minimum Gasteiger partial charge on any atom is -0.339 e. The van der Waals surface area contributed by atoms with Gasteiger partial charge in [0.15, 0.2) is 5.82 Å². The van der Waals surface area contributed by atoms with Gasteiger partial charge in [-0.3, -0.25) is 0 Å². The summed E-state index contributed by atoms with van der Waals surface area (Å²) >= 11 is 0. The lowest BCUT2D eigenvalue weighted by Gasteiger charge is -2.36. The summed E-state index contributed by atoms with van der Waals surface area (Å²) in [6.45, 7) is 2.32. The molecule has 0 aliphatic heterocycles. The number of nitrogens with zero attached hydrogens (tertiary/aromatic N) is 2. The van der Waals surface area contributed by atoms with Gasteiger partial charge < -0.3 is 9.84 Å². The van der Waals surface area contributed by atoms with Crippen molar-refractivity contribution in [3.05, 3.63) is 11.7 Å². The minimum atomic E-state index is 0.186. The summed E-state index contributed by atoms with van der Waals surface area (Å²) in [4.78, 5) is 4.70. The molecule has 0 aromatic carbocycles. The van der Waals surface area contributed by atoms with Gasteiger partial charge >= 0.3 is 0 Å². The molecule has 0 radical (unpaired) electrons. The van der Waals surface area contributed by atoms with Crippen LogP contribution in [0.1, 0.15) is 75.9 Å². The Labute approximate surface area is 121 Å². The maximum Gasteiger partial charge on any atom is 0.228 e. The Bertz CT molecular complexity index is 437. The average Bonchev–Trinajstić information content (AvgIpc) is 3.09. The van der Waals surface area contributed by atoms with E-state index in [1.807, 2.05) is 0 Å². The average molecular weight is 277 g/mol. The van der Waals surface area contributed by atoms with Crippen LogP contribution in [-0.2, 0) is 6.42 Å². The van der Waals surface area contributed by atoms with Crippen molar-refractivity contribution < 1.29 is 4.52 Å². The van der Waals surface area contributed by atoms with E-state index >= 15 is 0 Å². The van der Waals surface area contributed by atoms with E-state index in [-0.39, 0.29) is 5.54 Å². The summed E-state index contributed by atoms with van der Waals surface area (Å²) in [5.74, 6) is 3.12. The number of hydrogen-bond donors (Lipinski definition) is 1. The standard InChI is InChI=1S/C16H27N3O/c1-12-6-7-13(10-12)15-18-14(20-19-15)11-16(17-2)8-4-3-5-9-16/h12-13,17H,3-11H2,1-2H3. The predicted octanol–water partition coefficient (Wildman–Crippen LogP) is 3.44. The van der Waals surface area contributed by atoms with Crippen molar-refractivity contribution in [3.63, 3.8) is 0 Å². The summed E-state index contributed by atoms with van der Waals surface area (Å²) in [7, 11) is 2.07. The highest BCUT2D eigenvalue weighted by molar-refractivity contribution is 5.03. The van der Waals surface area contributed by atoms with E-state index in [1.165, 1.54) is 51.4 Å². The van der Waals surface area contributed by atoms with E-state index < -0.39 is 0 Å². The van der Waals surface area contributed by atoms with Crippen molar-refractivity contribution in [2.75, 3.05) is 7.05 Å². The van der Waals surface area contributed by atoms with Gasteiger partial charge in [-0.25, -0.2) is 0 Å². The van der Waals surface area contributed by atoms with Crippen LogP contribution in [0.4, 0.5) is 0 Å². The van der Waals surface area contributed by atoms with E-state index in [9.17, 15) is 0 Å². The molecule has 2 saturated carbocycles. The van der Waals surface area contributed by atoms with Crippen LogP contribution in [0.3, 0.4) is 0 Å². The highest BCUT2D eigenvalue weighted by Gasteiger charge is 2.33. The molecule has 0 bridgehead atoms. The van der Waals surface area contributed by atoms with Crippen molar-refractivity contribution in [1.82, 2.24) is 15.5 Å². The summed E-state index contributed by atoms with van der Waals surface area (Å²) < 4.78 is 5.54. The molecule has 1 aromatic rings. The lowest BCUT2D eigenvalue weighted by molar-refractivity contribution is 0.221. The molecule has 0 amide bonds. The number of aromatic nitrogens is 2. The molecule has 4 heteroatoms. The minimum absolute atomic E-state index is 0.186. The van der Waals surface area contributed by atoms with E-state index in [0.29, 0.717) is 5.92 Å². The van der Waals surface area contributed by atoms with Gasteiger partial charge in [0, 0.05) is 17.9 Å². The molecule has 20 heavy (non-hydrogen) atoms. The second kappa shape index (κ2) is 5.84. The summed E-state index contributed by atoms with van der Waals surface area (Å²) in [5, 5.41) is 7.77. The molecule has 1 heterocycles. The van der Waals surface area contributed by atoms with Crippen molar-refractivity contribution in [2.24, 2.45) is 5.92 Å². The van der Waals surface area contributed by atoms with Crippen LogP contribution in [0.5, 0.6) is 0 Å². The Morgan fingerprint density at radius 3 is 2.70 bits per heavy atom. The van der Waals surface area contributed by atoms with E-state index in [4.69, 9.17) is 9.51 Å². The first-order valence-electron chi connectivity index (χ1n) is 8.22. The fourth-order valence-electron chi connectivity index (χ4n) is 3.98. The molecule has 1 N–H and O–H groups in total. The van der Waals surface area contributed by atoms with E-state index in [0.717, 1.165) is 24.1 Å². The van der Waals surface area contributed by atoms with Crippen molar-refractivity contribution in [1.29, 1.82) is 0 Å². The van der Waals surface area contributed by atoms with Gasteiger partial charge in [0.1, 0.15) is 0 Å². The normalized spacial score (nSPS) is 29.7. The van der Waals surface area contributed by atoms with Crippen LogP contribution < -0.4 is 5.32 Å². The number of nitrogens with one attached hydrogen (secondary N) is 1. The first-order valence-corrected chi connectivity index (χ1v) is 8.22. The molecule has 2 aliphatic carbocycles. The third-order valence-electron chi connectivity index (χ3n) is 5.37. The number of likely N-dealkylation sites (N-methyl/N-ethyl adjacent to an activating group) is 1. The SMILES string of the molecule is CNC1(Cc2nc(C3CCC(C)C3)no2)CCCCC1. The van der Waals surface area contributed by atoms with Crippen LogP contribution in [0.15, 0.2) is 4.52 Å². The second-order valence-corrected chi connectivity index (χ2v) is 6.93. The Hall–Kier alpha value is -0.900. The van der Waals surface area contributed by atoms with Crippen LogP contribution >= 0.6 is 0 Å². The maximum atomic E-state index is 5.54. The Morgan fingerprint density at radius 1 is 1.25 bits per heavy atom. The zero-order valence-corrected chi connectivity index (χ0v) is 12.8. The molecule has 112 valence electrons. The first-order chi connectivity index (χ1) is 9.71. The fourth-order valence-corrected chi connectivity index (χ4v) is 3.98.